The predicted molar refractivity (Wildman–Crippen MR) is 60.4 cm³/mol. The van der Waals surface area contributed by atoms with Crippen molar-refractivity contribution >= 4 is 10.0 Å². The third kappa shape index (κ3) is 2.84. The molecule has 0 amide bonds. The summed E-state index contributed by atoms with van der Waals surface area (Å²) in [5.41, 5.74) is 1.04. The van der Waals surface area contributed by atoms with Crippen LogP contribution in [0, 0.1) is 6.92 Å². The molecule has 1 aromatic heterocycles. The first-order chi connectivity index (χ1) is 7.60. The molecule has 90 valence electrons. The summed E-state index contributed by atoms with van der Waals surface area (Å²) in [6, 6.07) is 12.0. The van der Waals surface area contributed by atoms with Crippen molar-refractivity contribution in [3.8, 4) is 0 Å². The summed E-state index contributed by atoms with van der Waals surface area (Å²) >= 11 is 0. The molecule has 0 aliphatic heterocycles. The van der Waals surface area contributed by atoms with Gasteiger partial charge in [-0.2, -0.15) is 8.42 Å². The molecule has 0 saturated carbocycles. The molecule has 3 nitrogen and oxygen atoms in total. The molecule has 0 aliphatic rings. The van der Waals surface area contributed by atoms with Gasteiger partial charge in [-0.15, -0.1) is 0 Å². The Morgan fingerprint density at radius 2 is 1.47 bits per heavy atom. The second-order valence-electron chi connectivity index (χ2n) is 3.52. The number of halogens is 1. The van der Waals surface area contributed by atoms with Crippen molar-refractivity contribution in [1.82, 2.24) is 0 Å². The summed E-state index contributed by atoms with van der Waals surface area (Å²) in [5.74, 6) is 0. The van der Waals surface area contributed by atoms with Crippen molar-refractivity contribution in [1.29, 1.82) is 0 Å². The number of aromatic nitrogens is 1. The topological polar surface area (TPSA) is 38.0 Å². The molecule has 5 heteroatoms. The second kappa shape index (κ2) is 5.29. The van der Waals surface area contributed by atoms with Gasteiger partial charge in [-0.3, -0.25) is 0 Å². The highest BCUT2D eigenvalue weighted by molar-refractivity contribution is 7.85. The first-order valence-corrected chi connectivity index (χ1v) is 6.33. The van der Waals surface area contributed by atoms with Gasteiger partial charge in [0.15, 0.2) is 12.4 Å². The normalized spacial score (nSPS) is 10.6. The van der Waals surface area contributed by atoms with E-state index in [0.717, 1.165) is 5.56 Å². The number of rotatable bonds is 2. The predicted octanol–water partition coefficient (Wildman–Crippen LogP) is -1.48. The standard InChI is InChI=1S/C12H12NO2S.ClH/c1-11-5-7-12(8-6-11)16(14,15)13-9-3-2-4-10-13;/h2-10H,1H3;1H/q+1;/p-1. The minimum atomic E-state index is -3.44. The summed E-state index contributed by atoms with van der Waals surface area (Å²) in [7, 11) is -3.44. The van der Waals surface area contributed by atoms with Crippen molar-refractivity contribution in [3.63, 3.8) is 0 Å². The van der Waals surface area contributed by atoms with Crippen LogP contribution in [-0.2, 0) is 10.0 Å². The molecular weight excluding hydrogens is 258 g/mol. The van der Waals surface area contributed by atoms with Gasteiger partial charge >= 0.3 is 10.0 Å². The largest absolute Gasteiger partial charge is 1.00 e. The summed E-state index contributed by atoms with van der Waals surface area (Å²) < 4.78 is 25.4. The van der Waals surface area contributed by atoms with Crippen LogP contribution in [0.2, 0.25) is 0 Å². The van der Waals surface area contributed by atoms with Crippen molar-refractivity contribution in [2.45, 2.75) is 11.8 Å². The number of benzene rings is 1. The van der Waals surface area contributed by atoms with Crippen LogP contribution in [0.1, 0.15) is 5.56 Å². The number of hydrogen-bond donors (Lipinski definition) is 0. The van der Waals surface area contributed by atoms with E-state index < -0.39 is 10.0 Å². The first kappa shape index (κ1) is 13.7. The van der Waals surface area contributed by atoms with Crippen LogP contribution >= 0.6 is 0 Å². The summed E-state index contributed by atoms with van der Waals surface area (Å²) in [5, 5.41) is 0. The number of aryl methyl sites for hydroxylation is 1. The highest BCUT2D eigenvalue weighted by Crippen LogP contribution is 2.09. The molecule has 0 fully saturated rings. The Morgan fingerprint density at radius 1 is 0.941 bits per heavy atom. The third-order valence-corrected chi connectivity index (χ3v) is 3.95. The Balaban J connectivity index is 0.00000144. The van der Waals surface area contributed by atoms with E-state index in [-0.39, 0.29) is 12.4 Å². The van der Waals surface area contributed by atoms with Gasteiger partial charge in [0.05, 0.1) is 0 Å². The minimum Gasteiger partial charge on any atom is -1.00 e. The summed E-state index contributed by atoms with van der Waals surface area (Å²) in [6.45, 7) is 1.92. The van der Waals surface area contributed by atoms with Crippen molar-refractivity contribution in [2.24, 2.45) is 0 Å². The molecule has 0 atom stereocenters. The van der Waals surface area contributed by atoms with E-state index in [4.69, 9.17) is 0 Å². The first-order valence-electron chi connectivity index (χ1n) is 4.89. The molecule has 0 spiro atoms. The lowest BCUT2D eigenvalue weighted by molar-refractivity contribution is -0.511. The molecule has 2 aromatic rings. The quantitative estimate of drug-likeness (QED) is 0.624. The maximum atomic E-state index is 12.1. The van der Waals surface area contributed by atoms with Gasteiger partial charge in [0.1, 0.15) is 4.90 Å². The van der Waals surface area contributed by atoms with Gasteiger partial charge in [0.25, 0.3) is 0 Å². The molecule has 0 unspecified atom stereocenters. The maximum absolute atomic E-state index is 12.1. The fourth-order valence-corrected chi connectivity index (χ4v) is 2.56. The van der Waals surface area contributed by atoms with E-state index in [0.29, 0.717) is 4.90 Å². The molecule has 0 saturated heterocycles. The molecule has 0 radical (unpaired) electrons. The van der Waals surface area contributed by atoms with Crippen molar-refractivity contribution in [3.05, 3.63) is 60.4 Å². The SMILES string of the molecule is Cc1ccc(S(=O)(=O)[n+]2ccccc2)cc1.[Cl-]. The third-order valence-electron chi connectivity index (χ3n) is 2.28. The van der Waals surface area contributed by atoms with Gasteiger partial charge in [-0.1, -0.05) is 27.7 Å². The molecule has 0 N–H and O–H groups in total. The number of pyridine rings is 1. The fraction of sp³-hybridized carbons (Fsp3) is 0.0833. The molecule has 1 heterocycles. The van der Waals surface area contributed by atoms with Gasteiger partial charge in [0, 0.05) is 12.1 Å². The highest BCUT2D eigenvalue weighted by Gasteiger charge is 2.23. The lowest BCUT2D eigenvalue weighted by Gasteiger charge is -1.99. The van der Waals surface area contributed by atoms with Crippen LogP contribution in [-0.4, -0.2) is 8.42 Å². The number of nitrogens with zero attached hydrogens (tertiary/aromatic N) is 1. The van der Waals surface area contributed by atoms with Crippen LogP contribution in [0.4, 0.5) is 0 Å². The molecule has 0 aliphatic carbocycles. The van der Waals surface area contributed by atoms with E-state index in [1.165, 1.54) is 16.4 Å². The number of hydrogen-bond acceptors (Lipinski definition) is 2. The molecular formula is C12H12ClNO2S. The smallest absolute Gasteiger partial charge is 0.399 e. The van der Waals surface area contributed by atoms with E-state index in [2.05, 4.69) is 0 Å². The van der Waals surface area contributed by atoms with Gasteiger partial charge in [-0.25, -0.2) is 0 Å². The van der Waals surface area contributed by atoms with Crippen LogP contribution in [0.15, 0.2) is 59.8 Å². The Morgan fingerprint density at radius 3 is 2.00 bits per heavy atom. The molecule has 0 bridgehead atoms. The highest BCUT2D eigenvalue weighted by atomic mass is 35.5. The molecule has 1 aromatic carbocycles. The summed E-state index contributed by atoms with van der Waals surface area (Å²) in [6.07, 6.45) is 3.05. The Bertz CT molecular complexity index is 580. The molecule has 17 heavy (non-hydrogen) atoms. The van der Waals surface area contributed by atoms with E-state index >= 15 is 0 Å². The van der Waals surface area contributed by atoms with Crippen LogP contribution < -0.4 is 16.4 Å². The van der Waals surface area contributed by atoms with E-state index in [9.17, 15) is 8.42 Å². The van der Waals surface area contributed by atoms with Crippen LogP contribution in [0.5, 0.6) is 0 Å². The van der Waals surface area contributed by atoms with Crippen LogP contribution in [0.25, 0.3) is 0 Å². The van der Waals surface area contributed by atoms with Crippen LogP contribution in [0.3, 0.4) is 0 Å². The zero-order valence-electron chi connectivity index (χ0n) is 9.25. The van der Waals surface area contributed by atoms with Crippen molar-refractivity contribution < 1.29 is 24.8 Å². The lowest BCUT2D eigenvalue weighted by Crippen LogP contribution is -3.00. The molecule has 2 rings (SSSR count). The Labute approximate surface area is 107 Å². The van der Waals surface area contributed by atoms with E-state index in [1.807, 2.05) is 6.92 Å². The summed E-state index contributed by atoms with van der Waals surface area (Å²) in [4.78, 5) is 0.300. The van der Waals surface area contributed by atoms with Gasteiger partial charge in [0.2, 0.25) is 0 Å². The zero-order chi connectivity index (χ0) is 11.6. The Hall–Kier alpha value is -1.39. The van der Waals surface area contributed by atoms with Gasteiger partial charge < -0.3 is 12.4 Å². The zero-order valence-corrected chi connectivity index (χ0v) is 10.8. The monoisotopic (exact) mass is 269 g/mol. The second-order valence-corrected chi connectivity index (χ2v) is 5.37. The van der Waals surface area contributed by atoms with E-state index in [1.54, 1.807) is 42.5 Å². The van der Waals surface area contributed by atoms with Gasteiger partial charge in [-0.05, 0) is 19.1 Å². The maximum Gasteiger partial charge on any atom is 0.399 e. The Kier molecular flexibility index (Phi) is 4.26. The minimum absolute atomic E-state index is 0. The fourth-order valence-electron chi connectivity index (χ4n) is 1.38. The lowest BCUT2D eigenvalue weighted by atomic mass is 10.2. The average molecular weight is 270 g/mol. The van der Waals surface area contributed by atoms with Crippen molar-refractivity contribution in [2.75, 3.05) is 0 Å². The average Bonchev–Trinajstić information content (AvgIpc) is 2.31.